The Kier molecular flexibility index (Phi) is 7.57. The van der Waals surface area contributed by atoms with Gasteiger partial charge < -0.3 is 19.9 Å². The molecule has 0 aliphatic carbocycles. The summed E-state index contributed by atoms with van der Waals surface area (Å²) in [5.74, 6) is 2.27. The lowest BCUT2D eigenvalue weighted by atomic mass is 9.99. The zero-order chi connectivity index (χ0) is 26.6. The third-order valence-electron chi connectivity index (χ3n) is 6.39. The highest BCUT2D eigenvalue weighted by Crippen LogP contribution is 2.42. The van der Waals surface area contributed by atoms with Gasteiger partial charge in [-0.15, -0.1) is 0 Å². The van der Waals surface area contributed by atoms with E-state index in [4.69, 9.17) is 19.4 Å². The molecule has 2 aromatic carbocycles. The lowest BCUT2D eigenvalue weighted by Crippen LogP contribution is -2.16. The number of anilines is 1. The normalized spacial score (nSPS) is 11.8. The van der Waals surface area contributed by atoms with E-state index in [0.29, 0.717) is 34.5 Å². The molecule has 1 aliphatic heterocycles. The molecular formula is C29H28N4O4S. The molecule has 2 aromatic heterocycles. The van der Waals surface area contributed by atoms with Crippen LogP contribution in [0, 0.1) is 6.92 Å². The van der Waals surface area contributed by atoms with Gasteiger partial charge >= 0.3 is 0 Å². The molecule has 2 N–H and O–H groups in total. The number of fused-ring (bicyclic) bond motifs is 2. The van der Waals surface area contributed by atoms with Gasteiger partial charge in [0.2, 0.25) is 11.8 Å². The molecule has 0 saturated carbocycles. The van der Waals surface area contributed by atoms with Crippen LogP contribution >= 0.6 is 11.8 Å². The van der Waals surface area contributed by atoms with Crippen molar-refractivity contribution in [1.29, 1.82) is 0 Å². The van der Waals surface area contributed by atoms with E-state index >= 15 is 0 Å². The Labute approximate surface area is 225 Å². The molecule has 8 nitrogen and oxygen atoms in total. The largest absolute Gasteiger partial charge is 0.497 e. The van der Waals surface area contributed by atoms with Gasteiger partial charge in [-0.1, -0.05) is 30.8 Å². The standard InChI is InChI=1S/C29H28N4O4S/c1-4-18-5-9-21(10-6-18)31-25(35)16-38-29-24-13-23-20(15-34)14-30-17(2)26(23)37-28(24)32-27(33-29)19-7-11-22(36-3)12-8-19/h5-12,14,34H,4,13,15-16H2,1-3H3,(H,31,35). The Bertz CT molecular complexity index is 1470. The number of methoxy groups -OCH3 is 1. The molecule has 3 heterocycles. The average molecular weight is 529 g/mol. The van der Waals surface area contributed by atoms with Crippen molar-refractivity contribution in [2.24, 2.45) is 0 Å². The molecule has 0 radical (unpaired) electrons. The van der Waals surface area contributed by atoms with Crippen LogP contribution in [0.25, 0.3) is 11.4 Å². The first-order valence-corrected chi connectivity index (χ1v) is 13.3. The molecule has 0 bridgehead atoms. The van der Waals surface area contributed by atoms with Crippen molar-refractivity contribution in [3.05, 3.63) is 82.7 Å². The predicted molar refractivity (Wildman–Crippen MR) is 147 cm³/mol. The first-order chi connectivity index (χ1) is 18.5. The van der Waals surface area contributed by atoms with Crippen molar-refractivity contribution < 1.29 is 19.4 Å². The first kappa shape index (κ1) is 25.7. The van der Waals surface area contributed by atoms with E-state index in [1.807, 2.05) is 55.5 Å². The van der Waals surface area contributed by atoms with Gasteiger partial charge in [0.1, 0.15) is 10.8 Å². The smallest absolute Gasteiger partial charge is 0.234 e. The molecule has 0 spiro atoms. The average Bonchev–Trinajstić information content (AvgIpc) is 2.95. The van der Waals surface area contributed by atoms with Crippen molar-refractivity contribution in [3.63, 3.8) is 0 Å². The minimum Gasteiger partial charge on any atom is -0.497 e. The summed E-state index contributed by atoms with van der Waals surface area (Å²) in [6.07, 6.45) is 3.08. The maximum Gasteiger partial charge on any atom is 0.234 e. The second kappa shape index (κ2) is 11.2. The van der Waals surface area contributed by atoms with Crippen molar-refractivity contribution in [1.82, 2.24) is 15.0 Å². The molecule has 9 heteroatoms. The molecule has 0 unspecified atom stereocenters. The molecule has 194 valence electrons. The number of ether oxygens (including phenoxy) is 2. The fraction of sp³-hybridized carbons (Fsp3) is 0.241. The van der Waals surface area contributed by atoms with E-state index in [2.05, 4.69) is 17.2 Å². The number of aliphatic hydroxyl groups excluding tert-OH is 1. The Morgan fingerprint density at radius 3 is 2.55 bits per heavy atom. The molecule has 0 saturated heterocycles. The zero-order valence-corrected chi connectivity index (χ0v) is 22.3. The Hall–Kier alpha value is -3.95. The van der Waals surface area contributed by atoms with E-state index < -0.39 is 0 Å². The number of pyridine rings is 1. The number of hydrogen-bond acceptors (Lipinski definition) is 8. The predicted octanol–water partition coefficient (Wildman–Crippen LogP) is 5.34. The minimum absolute atomic E-state index is 0.133. The molecule has 5 rings (SSSR count). The van der Waals surface area contributed by atoms with Crippen LogP contribution in [0.15, 0.2) is 59.8 Å². The topological polar surface area (TPSA) is 106 Å². The van der Waals surface area contributed by atoms with Crippen molar-refractivity contribution in [3.8, 4) is 28.8 Å². The van der Waals surface area contributed by atoms with Crippen LogP contribution in [0.4, 0.5) is 5.69 Å². The number of nitrogens with zero attached hydrogens (tertiary/aromatic N) is 3. The number of aromatic nitrogens is 3. The lowest BCUT2D eigenvalue weighted by Gasteiger charge is -2.24. The van der Waals surface area contributed by atoms with Crippen LogP contribution in [-0.2, 0) is 24.2 Å². The second-order valence-electron chi connectivity index (χ2n) is 8.87. The number of thioether (sulfide) groups is 1. The van der Waals surface area contributed by atoms with E-state index in [0.717, 1.165) is 40.2 Å². The number of amides is 1. The number of aliphatic hydroxyl groups is 1. The van der Waals surface area contributed by atoms with E-state index in [9.17, 15) is 9.90 Å². The Morgan fingerprint density at radius 1 is 1.11 bits per heavy atom. The third kappa shape index (κ3) is 5.34. The van der Waals surface area contributed by atoms with E-state index in [-0.39, 0.29) is 18.3 Å². The summed E-state index contributed by atoms with van der Waals surface area (Å²) in [6, 6.07) is 15.3. The SMILES string of the molecule is CCc1ccc(NC(=O)CSc2nc(-c3ccc(OC)cc3)nc3c2Cc2c(CO)cnc(C)c2O3)cc1. The minimum atomic E-state index is -0.152. The van der Waals surface area contributed by atoms with E-state index in [1.54, 1.807) is 13.3 Å². The quantitative estimate of drug-likeness (QED) is 0.205. The Balaban J connectivity index is 1.46. The van der Waals surface area contributed by atoms with Crippen LogP contribution in [0.1, 0.15) is 34.9 Å². The number of hydrogen-bond donors (Lipinski definition) is 2. The van der Waals surface area contributed by atoms with Gasteiger partial charge in [-0.3, -0.25) is 9.78 Å². The van der Waals surface area contributed by atoms with Crippen molar-refractivity contribution in [2.75, 3.05) is 18.2 Å². The van der Waals surface area contributed by atoms with Gasteiger partial charge in [-0.2, -0.15) is 4.98 Å². The number of aryl methyl sites for hydroxylation is 2. The monoisotopic (exact) mass is 528 g/mol. The summed E-state index contributed by atoms with van der Waals surface area (Å²) in [5.41, 5.74) is 5.81. The highest BCUT2D eigenvalue weighted by molar-refractivity contribution is 8.00. The number of carbonyl (C=O) groups is 1. The number of nitrogens with one attached hydrogen (secondary N) is 1. The summed E-state index contributed by atoms with van der Waals surface area (Å²) < 4.78 is 11.5. The fourth-order valence-electron chi connectivity index (χ4n) is 4.24. The third-order valence-corrected chi connectivity index (χ3v) is 7.41. The summed E-state index contributed by atoms with van der Waals surface area (Å²) in [5, 5.41) is 13.5. The van der Waals surface area contributed by atoms with Crippen LogP contribution in [-0.4, -0.2) is 38.8 Å². The van der Waals surface area contributed by atoms with Gasteiger partial charge in [-0.05, 0) is 55.3 Å². The maximum absolute atomic E-state index is 12.8. The molecule has 0 fully saturated rings. The highest BCUT2D eigenvalue weighted by atomic mass is 32.2. The van der Waals surface area contributed by atoms with Crippen molar-refractivity contribution in [2.45, 2.75) is 38.3 Å². The van der Waals surface area contributed by atoms with Gasteiger partial charge in [-0.25, -0.2) is 4.98 Å². The molecular weight excluding hydrogens is 500 g/mol. The molecule has 1 amide bonds. The molecule has 38 heavy (non-hydrogen) atoms. The summed E-state index contributed by atoms with van der Waals surface area (Å²) in [6.45, 7) is 3.81. The first-order valence-electron chi connectivity index (χ1n) is 12.3. The summed E-state index contributed by atoms with van der Waals surface area (Å²) >= 11 is 1.33. The molecule has 0 atom stereocenters. The summed E-state index contributed by atoms with van der Waals surface area (Å²) in [7, 11) is 1.62. The van der Waals surface area contributed by atoms with Crippen LogP contribution in [0.3, 0.4) is 0 Å². The van der Waals surface area contributed by atoms with Crippen LogP contribution in [0.5, 0.6) is 17.4 Å². The number of rotatable bonds is 8. The molecule has 4 aromatic rings. The van der Waals surface area contributed by atoms with Crippen molar-refractivity contribution >= 4 is 23.4 Å². The van der Waals surface area contributed by atoms with Gasteiger partial charge in [0.05, 0.1) is 30.7 Å². The second-order valence-corrected chi connectivity index (χ2v) is 9.83. The van der Waals surface area contributed by atoms with Gasteiger partial charge in [0.25, 0.3) is 0 Å². The van der Waals surface area contributed by atoms with E-state index in [1.165, 1.54) is 17.3 Å². The fourth-order valence-corrected chi connectivity index (χ4v) is 5.06. The Morgan fingerprint density at radius 2 is 1.87 bits per heavy atom. The van der Waals surface area contributed by atoms with Crippen LogP contribution < -0.4 is 14.8 Å². The van der Waals surface area contributed by atoms with Crippen LogP contribution in [0.2, 0.25) is 0 Å². The van der Waals surface area contributed by atoms with Gasteiger partial charge in [0.15, 0.2) is 11.6 Å². The molecule has 1 aliphatic rings. The summed E-state index contributed by atoms with van der Waals surface area (Å²) in [4.78, 5) is 26.7. The lowest BCUT2D eigenvalue weighted by molar-refractivity contribution is -0.113. The van der Waals surface area contributed by atoms with Gasteiger partial charge in [0, 0.05) is 35.0 Å². The number of benzene rings is 2. The maximum atomic E-state index is 12.8. The zero-order valence-electron chi connectivity index (χ0n) is 21.4. The number of carbonyl (C=O) groups excluding carboxylic acids is 1. The highest BCUT2D eigenvalue weighted by Gasteiger charge is 2.28.